The van der Waals surface area contributed by atoms with Crippen LogP contribution in [-0.2, 0) is 27.3 Å². The number of carbonyl (C=O) groups is 2. The van der Waals surface area contributed by atoms with Gasteiger partial charge in [-0.1, -0.05) is 60.7 Å². The molecule has 2 aromatic rings. The van der Waals surface area contributed by atoms with Crippen molar-refractivity contribution in [2.45, 2.75) is 25.2 Å². The first-order chi connectivity index (χ1) is 12.1. The maximum absolute atomic E-state index is 12.0. The molecule has 0 aliphatic rings. The van der Waals surface area contributed by atoms with Crippen molar-refractivity contribution in [3.63, 3.8) is 0 Å². The molecule has 25 heavy (non-hydrogen) atoms. The van der Waals surface area contributed by atoms with Crippen molar-refractivity contribution in [1.82, 2.24) is 5.32 Å². The van der Waals surface area contributed by atoms with Crippen molar-refractivity contribution in [3.05, 3.63) is 71.8 Å². The molecule has 6 heteroatoms. The van der Waals surface area contributed by atoms with Crippen LogP contribution in [0.3, 0.4) is 0 Å². The minimum atomic E-state index is -1.49. The van der Waals surface area contributed by atoms with Gasteiger partial charge in [-0.2, -0.15) is 0 Å². The van der Waals surface area contributed by atoms with Gasteiger partial charge in [0.2, 0.25) is 0 Å². The summed E-state index contributed by atoms with van der Waals surface area (Å²) in [5, 5.41) is 12.7. The van der Waals surface area contributed by atoms with Gasteiger partial charge in [-0.25, -0.2) is 9.59 Å². The average Bonchev–Trinajstić information content (AvgIpc) is 2.66. The van der Waals surface area contributed by atoms with Gasteiger partial charge in [-0.05, 0) is 17.5 Å². The molecule has 0 radical (unpaired) electrons. The summed E-state index contributed by atoms with van der Waals surface area (Å²) in [4.78, 5) is 23.7. The lowest BCUT2D eigenvalue weighted by atomic mass is 10.0. The van der Waals surface area contributed by atoms with E-state index < -0.39 is 24.2 Å². The molecule has 2 aromatic carbocycles. The SMILES string of the molecule is COC(=O)[C@H](O)[C@H](Cc1ccccc1)NC(=O)OCc1ccccc1. The van der Waals surface area contributed by atoms with Gasteiger partial charge in [0.05, 0.1) is 13.2 Å². The number of ether oxygens (including phenoxy) is 2. The molecule has 0 saturated heterocycles. The van der Waals surface area contributed by atoms with Crippen LogP contribution in [0.4, 0.5) is 4.79 Å². The van der Waals surface area contributed by atoms with E-state index in [4.69, 9.17) is 4.74 Å². The zero-order valence-corrected chi connectivity index (χ0v) is 13.9. The van der Waals surface area contributed by atoms with E-state index in [1.807, 2.05) is 60.7 Å². The molecule has 0 fully saturated rings. The maximum Gasteiger partial charge on any atom is 0.407 e. The number of aliphatic hydroxyl groups is 1. The molecule has 2 atom stereocenters. The Kier molecular flexibility index (Phi) is 6.98. The second-order valence-electron chi connectivity index (χ2n) is 5.47. The molecule has 2 rings (SSSR count). The highest BCUT2D eigenvalue weighted by molar-refractivity contribution is 5.77. The molecule has 0 aliphatic heterocycles. The van der Waals surface area contributed by atoms with Gasteiger partial charge in [0.25, 0.3) is 0 Å². The lowest BCUT2D eigenvalue weighted by Gasteiger charge is -2.22. The number of nitrogens with one attached hydrogen (secondary N) is 1. The number of benzene rings is 2. The largest absolute Gasteiger partial charge is 0.467 e. The Bertz CT molecular complexity index is 675. The Morgan fingerprint density at radius 1 is 1.00 bits per heavy atom. The Hall–Kier alpha value is -2.86. The second-order valence-corrected chi connectivity index (χ2v) is 5.47. The Balaban J connectivity index is 1.99. The fraction of sp³-hybridized carbons (Fsp3) is 0.263. The molecule has 0 bridgehead atoms. The van der Waals surface area contributed by atoms with Crippen LogP contribution in [-0.4, -0.2) is 36.4 Å². The summed E-state index contributed by atoms with van der Waals surface area (Å²) in [6.07, 6.45) is -1.94. The van der Waals surface area contributed by atoms with E-state index in [0.29, 0.717) is 0 Å². The van der Waals surface area contributed by atoms with E-state index >= 15 is 0 Å². The zero-order valence-electron chi connectivity index (χ0n) is 13.9. The predicted molar refractivity (Wildman–Crippen MR) is 91.7 cm³/mol. The summed E-state index contributed by atoms with van der Waals surface area (Å²) in [6.45, 7) is 0.0963. The predicted octanol–water partition coefficient (Wildman–Crippen LogP) is 2.06. The number of carbonyl (C=O) groups excluding carboxylic acids is 2. The summed E-state index contributed by atoms with van der Waals surface area (Å²) >= 11 is 0. The summed E-state index contributed by atoms with van der Waals surface area (Å²) in [6, 6.07) is 17.6. The molecule has 0 aliphatic carbocycles. The van der Waals surface area contributed by atoms with Crippen molar-refractivity contribution < 1.29 is 24.2 Å². The van der Waals surface area contributed by atoms with Gasteiger partial charge in [-0.3, -0.25) is 0 Å². The molecule has 2 N–H and O–H groups in total. The standard InChI is InChI=1S/C19H21NO5/c1-24-18(22)17(21)16(12-14-8-4-2-5-9-14)20-19(23)25-13-15-10-6-3-7-11-15/h2-11,16-17,21H,12-13H2,1H3,(H,20,23)/t16-,17+/m0/s1. The number of methoxy groups -OCH3 is 1. The van der Waals surface area contributed by atoms with Crippen LogP contribution < -0.4 is 5.32 Å². The summed E-state index contributed by atoms with van der Waals surface area (Å²) in [5.41, 5.74) is 1.70. The first-order valence-corrected chi connectivity index (χ1v) is 7.87. The van der Waals surface area contributed by atoms with Crippen LogP contribution >= 0.6 is 0 Å². The molecule has 0 spiro atoms. The van der Waals surface area contributed by atoms with Crippen LogP contribution in [0, 0.1) is 0 Å². The van der Waals surface area contributed by atoms with E-state index in [-0.39, 0.29) is 13.0 Å². The summed E-state index contributed by atoms with van der Waals surface area (Å²) < 4.78 is 9.71. The Morgan fingerprint density at radius 2 is 1.56 bits per heavy atom. The van der Waals surface area contributed by atoms with Gasteiger partial charge in [0, 0.05) is 0 Å². The number of rotatable bonds is 7. The van der Waals surface area contributed by atoms with Crippen molar-refractivity contribution in [3.8, 4) is 0 Å². The van der Waals surface area contributed by atoms with Gasteiger partial charge in [0.1, 0.15) is 6.61 Å². The molecule has 0 saturated carbocycles. The second kappa shape index (κ2) is 9.44. The highest BCUT2D eigenvalue weighted by atomic mass is 16.6. The lowest BCUT2D eigenvalue weighted by molar-refractivity contribution is -0.151. The number of hydrogen-bond donors (Lipinski definition) is 2. The molecule has 1 amide bonds. The van der Waals surface area contributed by atoms with Crippen LogP contribution in [0.15, 0.2) is 60.7 Å². The number of hydrogen-bond acceptors (Lipinski definition) is 5. The van der Waals surface area contributed by atoms with Crippen molar-refractivity contribution >= 4 is 12.1 Å². The van der Waals surface area contributed by atoms with E-state index in [1.165, 1.54) is 7.11 Å². The van der Waals surface area contributed by atoms with Crippen molar-refractivity contribution in [2.24, 2.45) is 0 Å². The lowest BCUT2D eigenvalue weighted by Crippen LogP contribution is -2.48. The minimum absolute atomic E-state index is 0.0963. The van der Waals surface area contributed by atoms with E-state index in [0.717, 1.165) is 11.1 Å². The molecule has 0 heterocycles. The number of esters is 1. The first kappa shape index (κ1) is 18.5. The third-order valence-corrected chi connectivity index (χ3v) is 3.64. The normalized spacial score (nSPS) is 12.7. The topological polar surface area (TPSA) is 84.9 Å². The van der Waals surface area contributed by atoms with Crippen LogP contribution in [0.2, 0.25) is 0 Å². The third kappa shape index (κ3) is 5.93. The van der Waals surface area contributed by atoms with E-state index in [9.17, 15) is 14.7 Å². The molecular formula is C19H21NO5. The number of aliphatic hydroxyl groups excluding tert-OH is 1. The van der Waals surface area contributed by atoms with Crippen molar-refractivity contribution in [1.29, 1.82) is 0 Å². The number of alkyl carbamates (subject to hydrolysis) is 1. The smallest absolute Gasteiger partial charge is 0.407 e. The number of amides is 1. The van der Waals surface area contributed by atoms with Crippen LogP contribution in [0.25, 0.3) is 0 Å². The average molecular weight is 343 g/mol. The van der Waals surface area contributed by atoms with E-state index in [2.05, 4.69) is 10.1 Å². The highest BCUT2D eigenvalue weighted by Gasteiger charge is 2.29. The molecule has 6 nitrogen and oxygen atoms in total. The monoisotopic (exact) mass is 343 g/mol. The van der Waals surface area contributed by atoms with Crippen LogP contribution in [0.5, 0.6) is 0 Å². The third-order valence-electron chi connectivity index (χ3n) is 3.64. The molecule has 0 aromatic heterocycles. The van der Waals surface area contributed by atoms with Gasteiger partial charge in [0.15, 0.2) is 6.10 Å². The fourth-order valence-corrected chi connectivity index (χ4v) is 2.31. The highest BCUT2D eigenvalue weighted by Crippen LogP contribution is 2.09. The molecule has 132 valence electrons. The zero-order chi connectivity index (χ0) is 18.1. The van der Waals surface area contributed by atoms with E-state index in [1.54, 1.807) is 0 Å². The van der Waals surface area contributed by atoms with Crippen LogP contribution in [0.1, 0.15) is 11.1 Å². The van der Waals surface area contributed by atoms with Gasteiger partial charge >= 0.3 is 12.1 Å². The summed E-state index contributed by atoms with van der Waals surface area (Å²) in [7, 11) is 1.18. The quantitative estimate of drug-likeness (QED) is 0.752. The molecular weight excluding hydrogens is 322 g/mol. The maximum atomic E-state index is 12.0. The van der Waals surface area contributed by atoms with Gasteiger partial charge < -0.3 is 19.9 Å². The first-order valence-electron chi connectivity index (χ1n) is 7.87. The van der Waals surface area contributed by atoms with Crippen molar-refractivity contribution in [2.75, 3.05) is 7.11 Å². The summed E-state index contributed by atoms with van der Waals surface area (Å²) in [5.74, 6) is -0.815. The van der Waals surface area contributed by atoms with Gasteiger partial charge in [-0.15, -0.1) is 0 Å². The Labute approximate surface area is 146 Å². The molecule has 0 unspecified atom stereocenters. The Morgan fingerprint density at radius 3 is 2.12 bits per heavy atom. The minimum Gasteiger partial charge on any atom is -0.467 e. The fourth-order valence-electron chi connectivity index (χ4n) is 2.31.